The molecular formula is C5H2N2O2. The van der Waals surface area contributed by atoms with Crippen LogP contribution in [0.1, 0.15) is 0 Å². The summed E-state index contributed by atoms with van der Waals surface area (Å²) in [5.41, 5.74) is 0.843. The molecule has 0 atom stereocenters. The van der Waals surface area contributed by atoms with Crippen molar-refractivity contribution in [3.05, 3.63) is 12.0 Å². The number of ether oxygens (including phenoxy) is 1. The van der Waals surface area contributed by atoms with Crippen molar-refractivity contribution in [3.63, 3.8) is 0 Å². The van der Waals surface area contributed by atoms with E-state index in [-0.39, 0.29) is 0 Å². The first-order valence-corrected chi connectivity index (χ1v) is 2.40. The number of hydrogen-bond acceptors (Lipinski definition) is 4. The Balaban J connectivity index is 2.53. The number of aliphatic imine (C=N–C) groups is 2. The van der Waals surface area contributed by atoms with Crippen LogP contribution in [0.4, 0.5) is 0 Å². The number of esters is 1. The smallest absolute Gasteiger partial charge is 0.364 e. The van der Waals surface area contributed by atoms with Crippen LogP contribution in [0.2, 0.25) is 0 Å². The van der Waals surface area contributed by atoms with Gasteiger partial charge in [0.2, 0.25) is 0 Å². The highest BCUT2D eigenvalue weighted by atomic mass is 16.5. The van der Waals surface area contributed by atoms with Gasteiger partial charge in [-0.3, -0.25) is 0 Å². The molecule has 0 aromatic heterocycles. The van der Waals surface area contributed by atoms with E-state index in [0.29, 0.717) is 11.4 Å². The summed E-state index contributed by atoms with van der Waals surface area (Å²) in [6.07, 6.45) is 2.63. The van der Waals surface area contributed by atoms with Gasteiger partial charge in [-0.15, -0.1) is 0 Å². The van der Waals surface area contributed by atoms with Crippen LogP contribution in [0.15, 0.2) is 21.9 Å². The van der Waals surface area contributed by atoms with Crippen LogP contribution < -0.4 is 0 Å². The van der Waals surface area contributed by atoms with Gasteiger partial charge in [-0.2, -0.15) is 0 Å². The maximum Gasteiger partial charge on any atom is 0.364 e. The van der Waals surface area contributed by atoms with Crippen molar-refractivity contribution in [1.29, 1.82) is 0 Å². The highest BCUT2D eigenvalue weighted by molar-refractivity contribution is 6.47. The summed E-state index contributed by atoms with van der Waals surface area (Å²) >= 11 is 0. The number of carbonyl (C=O) groups excluding carboxylic acids is 1. The molecular weight excluding hydrogens is 120 g/mol. The first kappa shape index (κ1) is 4.43. The van der Waals surface area contributed by atoms with Crippen molar-refractivity contribution in [2.24, 2.45) is 9.98 Å². The molecule has 4 heteroatoms. The number of carbonyl (C=O) groups is 1. The summed E-state index contributed by atoms with van der Waals surface area (Å²) in [6.45, 7) is 0. The largest absolute Gasteiger partial charge is 0.427 e. The van der Waals surface area contributed by atoms with Crippen LogP contribution in [0.25, 0.3) is 0 Å². The minimum atomic E-state index is -0.414. The van der Waals surface area contributed by atoms with Crippen LogP contribution in [0, 0.1) is 0 Å². The Morgan fingerprint density at radius 2 is 2.44 bits per heavy atom. The van der Waals surface area contributed by atoms with Gasteiger partial charge in [-0.1, -0.05) is 0 Å². The van der Waals surface area contributed by atoms with E-state index >= 15 is 0 Å². The molecule has 2 aliphatic rings. The van der Waals surface area contributed by atoms with Gasteiger partial charge in [-0.25, -0.2) is 14.8 Å². The molecule has 2 rings (SSSR count). The maximum absolute atomic E-state index is 10.6. The lowest BCUT2D eigenvalue weighted by Crippen LogP contribution is -2.06. The molecule has 9 heavy (non-hydrogen) atoms. The minimum absolute atomic E-state index is 0.315. The Kier molecular flexibility index (Phi) is 0.631. The topological polar surface area (TPSA) is 51.0 Å². The maximum atomic E-state index is 10.6. The van der Waals surface area contributed by atoms with Crippen LogP contribution >= 0.6 is 0 Å². The molecule has 44 valence electrons. The molecule has 0 saturated heterocycles. The molecule has 0 aromatic carbocycles. The van der Waals surface area contributed by atoms with Gasteiger partial charge < -0.3 is 4.74 Å². The van der Waals surface area contributed by atoms with Crippen molar-refractivity contribution >= 4 is 18.0 Å². The lowest BCUT2D eigenvalue weighted by molar-refractivity contribution is -0.129. The standard InChI is InChI=1S/C5H2N2O2/c8-5-4-3(1-9-5)6-2-7-4/h1-2H. The van der Waals surface area contributed by atoms with Crippen molar-refractivity contribution < 1.29 is 9.53 Å². The molecule has 0 aromatic rings. The minimum Gasteiger partial charge on any atom is -0.427 e. The Labute approximate surface area is 50.6 Å². The van der Waals surface area contributed by atoms with E-state index in [0.717, 1.165) is 0 Å². The van der Waals surface area contributed by atoms with Crippen molar-refractivity contribution in [3.8, 4) is 0 Å². The fourth-order valence-corrected chi connectivity index (χ4v) is 0.685. The number of hydrogen-bond donors (Lipinski definition) is 0. The summed E-state index contributed by atoms with van der Waals surface area (Å²) < 4.78 is 4.47. The summed E-state index contributed by atoms with van der Waals surface area (Å²) in [5, 5.41) is 0. The number of fused-ring (bicyclic) bond motifs is 1. The lowest BCUT2D eigenvalue weighted by Gasteiger charge is -1.82. The molecule has 0 spiro atoms. The SMILES string of the molecule is O=C1OC=C2N=CN=C12. The predicted octanol–water partition coefficient (Wildman–Crippen LogP) is -0.133. The first-order valence-electron chi connectivity index (χ1n) is 2.40. The third kappa shape index (κ3) is 0.440. The van der Waals surface area contributed by atoms with Crippen LogP contribution in [0.5, 0.6) is 0 Å². The molecule has 0 radical (unpaired) electrons. The van der Waals surface area contributed by atoms with Gasteiger partial charge in [0.15, 0.2) is 5.71 Å². The van der Waals surface area contributed by atoms with E-state index in [1.807, 2.05) is 0 Å². The molecule has 0 bridgehead atoms. The number of nitrogens with zero attached hydrogens (tertiary/aromatic N) is 2. The van der Waals surface area contributed by atoms with Gasteiger partial charge in [0.05, 0.1) is 0 Å². The quantitative estimate of drug-likeness (QED) is 0.420. The van der Waals surface area contributed by atoms with E-state index in [1.165, 1.54) is 12.6 Å². The fourth-order valence-electron chi connectivity index (χ4n) is 0.685. The Bertz CT molecular complexity index is 262. The second kappa shape index (κ2) is 1.28. The van der Waals surface area contributed by atoms with Gasteiger partial charge in [-0.05, 0) is 0 Å². The van der Waals surface area contributed by atoms with E-state index in [9.17, 15) is 4.79 Å². The van der Waals surface area contributed by atoms with Crippen LogP contribution in [-0.2, 0) is 9.53 Å². The molecule has 0 unspecified atom stereocenters. The van der Waals surface area contributed by atoms with E-state index < -0.39 is 5.97 Å². The van der Waals surface area contributed by atoms with Gasteiger partial charge in [0, 0.05) is 0 Å². The zero-order chi connectivity index (χ0) is 6.27. The highest BCUT2D eigenvalue weighted by Gasteiger charge is 2.26. The van der Waals surface area contributed by atoms with E-state index in [2.05, 4.69) is 14.7 Å². The zero-order valence-electron chi connectivity index (χ0n) is 4.37. The average Bonchev–Trinajstić information content (AvgIpc) is 2.35. The Hall–Kier alpha value is -1.45. The van der Waals surface area contributed by atoms with E-state index in [4.69, 9.17) is 0 Å². The fraction of sp³-hybridized carbons (Fsp3) is 0. The van der Waals surface area contributed by atoms with Gasteiger partial charge in [0.25, 0.3) is 0 Å². The van der Waals surface area contributed by atoms with E-state index in [1.54, 1.807) is 0 Å². The second-order valence-corrected chi connectivity index (χ2v) is 1.63. The van der Waals surface area contributed by atoms with Crippen LogP contribution in [0.3, 0.4) is 0 Å². The molecule has 2 heterocycles. The molecule has 0 N–H and O–H groups in total. The first-order chi connectivity index (χ1) is 4.38. The second-order valence-electron chi connectivity index (χ2n) is 1.63. The molecule has 0 fully saturated rings. The summed E-state index contributed by atoms with van der Waals surface area (Å²) in [6, 6.07) is 0. The van der Waals surface area contributed by atoms with Gasteiger partial charge in [0.1, 0.15) is 18.3 Å². The third-order valence-electron chi connectivity index (χ3n) is 1.10. The zero-order valence-corrected chi connectivity index (χ0v) is 4.37. The number of cyclic esters (lactones) is 1. The summed E-state index contributed by atoms with van der Waals surface area (Å²) in [5.74, 6) is -0.414. The third-order valence-corrected chi connectivity index (χ3v) is 1.10. The van der Waals surface area contributed by atoms with Crippen molar-refractivity contribution in [2.45, 2.75) is 0 Å². The molecule has 4 nitrogen and oxygen atoms in total. The van der Waals surface area contributed by atoms with Crippen molar-refractivity contribution in [1.82, 2.24) is 0 Å². The molecule has 0 saturated carbocycles. The molecule has 2 aliphatic heterocycles. The lowest BCUT2D eigenvalue weighted by atomic mass is 10.3. The summed E-state index contributed by atoms with van der Waals surface area (Å²) in [7, 11) is 0. The monoisotopic (exact) mass is 122 g/mol. The number of rotatable bonds is 0. The Morgan fingerprint density at radius 3 is 3.22 bits per heavy atom. The predicted molar refractivity (Wildman–Crippen MR) is 30.1 cm³/mol. The molecule has 0 aliphatic carbocycles. The van der Waals surface area contributed by atoms with Crippen molar-refractivity contribution in [2.75, 3.05) is 0 Å². The molecule has 0 amide bonds. The van der Waals surface area contributed by atoms with Gasteiger partial charge >= 0.3 is 5.97 Å². The highest BCUT2D eigenvalue weighted by Crippen LogP contribution is 2.13. The summed E-state index contributed by atoms with van der Waals surface area (Å²) in [4.78, 5) is 18.0. The normalized spacial score (nSPS) is 21.1. The van der Waals surface area contributed by atoms with Crippen LogP contribution in [-0.4, -0.2) is 18.0 Å². The Morgan fingerprint density at radius 1 is 1.56 bits per heavy atom. The average molecular weight is 122 g/mol.